The van der Waals surface area contributed by atoms with Crippen LogP contribution in [-0.4, -0.2) is 13.1 Å². The summed E-state index contributed by atoms with van der Waals surface area (Å²) in [5, 5.41) is 3.25. The Kier molecular flexibility index (Phi) is 4.67. The van der Waals surface area contributed by atoms with Gasteiger partial charge in [-0.2, -0.15) is 0 Å². The zero-order chi connectivity index (χ0) is 10.4. The summed E-state index contributed by atoms with van der Waals surface area (Å²) in [6.45, 7) is 4.62. The molecule has 14 heavy (non-hydrogen) atoms. The normalized spacial score (nSPS) is 24.8. The average molecular weight is 195 g/mol. The van der Waals surface area contributed by atoms with Crippen LogP contribution in [0, 0.1) is 5.41 Å². The molecular weight excluding hydrogens is 170 g/mol. The largest absolute Gasteiger partial charge is 0.314 e. The SMILES string of the molecule is CNC(C)/C=C/C1(C)CCCCCC1. The average Bonchev–Trinajstić information content (AvgIpc) is 2.40. The first kappa shape index (κ1) is 11.8. The van der Waals surface area contributed by atoms with Crippen molar-refractivity contribution in [1.29, 1.82) is 0 Å². The van der Waals surface area contributed by atoms with Gasteiger partial charge in [0, 0.05) is 6.04 Å². The van der Waals surface area contributed by atoms with E-state index in [0.717, 1.165) is 0 Å². The number of likely N-dealkylation sites (N-methyl/N-ethyl adjacent to an activating group) is 1. The second-order valence-corrected chi connectivity index (χ2v) is 5.00. The number of rotatable bonds is 3. The number of hydrogen-bond acceptors (Lipinski definition) is 1. The van der Waals surface area contributed by atoms with Crippen LogP contribution in [0.3, 0.4) is 0 Å². The molecule has 0 radical (unpaired) electrons. The van der Waals surface area contributed by atoms with Crippen molar-refractivity contribution in [2.45, 2.75) is 58.4 Å². The van der Waals surface area contributed by atoms with E-state index in [0.29, 0.717) is 11.5 Å². The van der Waals surface area contributed by atoms with E-state index in [2.05, 4.69) is 31.3 Å². The van der Waals surface area contributed by atoms with Crippen molar-refractivity contribution >= 4 is 0 Å². The molecule has 0 aromatic carbocycles. The fourth-order valence-corrected chi connectivity index (χ4v) is 2.18. The second kappa shape index (κ2) is 5.55. The van der Waals surface area contributed by atoms with Crippen molar-refractivity contribution in [3.63, 3.8) is 0 Å². The minimum absolute atomic E-state index is 0.474. The molecular formula is C13H25N. The molecule has 0 aromatic rings. The quantitative estimate of drug-likeness (QED) is 0.537. The standard InChI is InChI=1S/C13H25N/c1-12(14-3)8-11-13(2)9-6-4-5-7-10-13/h8,11-12,14H,4-7,9-10H2,1-3H3/b11-8+. The van der Waals surface area contributed by atoms with Gasteiger partial charge >= 0.3 is 0 Å². The molecule has 0 spiro atoms. The van der Waals surface area contributed by atoms with E-state index >= 15 is 0 Å². The second-order valence-electron chi connectivity index (χ2n) is 5.00. The van der Waals surface area contributed by atoms with Gasteiger partial charge in [0.05, 0.1) is 0 Å². The molecule has 0 aliphatic heterocycles. The van der Waals surface area contributed by atoms with Gasteiger partial charge in [0.2, 0.25) is 0 Å². The molecule has 0 saturated heterocycles. The Morgan fingerprint density at radius 1 is 1.14 bits per heavy atom. The van der Waals surface area contributed by atoms with E-state index in [9.17, 15) is 0 Å². The third-order valence-corrected chi connectivity index (χ3v) is 3.49. The van der Waals surface area contributed by atoms with E-state index < -0.39 is 0 Å². The molecule has 0 bridgehead atoms. The minimum atomic E-state index is 0.474. The highest BCUT2D eigenvalue weighted by atomic mass is 14.8. The molecule has 82 valence electrons. The van der Waals surface area contributed by atoms with Crippen LogP contribution in [0.1, 0.15) is 52.4 Å². The summed E-state index contributed by atoms with van der Waals surface area (Å²) < 4.78 is 0. The Morgan fingerprint density at radius 3 is 2.21 bits per heavy atom. The topological polar surface area (TPSA) is 12.0 Å². The van der Waals surface area contributed by atoms with Crippen LogP contribution in [0.2, 0.25) is 0 Å². The number of hydrogen-bond donors (Lipinski definition) is 1. The van der Waals surface area contributed by atoms with Gasteiger partial charge in [-0.25, -0.2) is 0 Å². The van der Waals surface area contributed by atoms with Crippen molar-refractivity contribution in [3.05, 3.63) is 12.2 Å². The van der Waals surface area contributed by atoms with Gasteiger partial charge in [0.15, 0.2) is 0 Å². The van der Waals surface area contributed by atoms with Gasteiger partial charge in [-0.3, -0.25) is 0 Å². The number of nitrogens with one attached hydrogen (secondary N) is 1. The van der Waals surface area contributed by atoms with Crippen LogP contribution < -0.4 is 5.32 Å². The lowest BCUT2D eigenvalue weighted by Gasteiger charge is -2.24. The Hall–Kier alpha value is -0.300. The van der Waals surface area contributed by atoms with Crippen LogP contribution in [0.5, 0.6) is 0 Å². The predicted molar refractivity (Wildman–Crippen MR) is 63.5 cm³/mol. The van der Waals surface area contributed by atoms with Crippen LogP contribution in [0.4, 0.5) is 0 Å². The van der Waals surface area contributed by atoms with Crippen molar-refractivity contribution in [2.24, 2.45) is 5.41 Å². The lowest BCUT2D eigenvalue weighted by atomic mass is 9.82. The fraction of sp³-hybridized carbons (Fsp3) is 0.846. The zero-order valence-electron chi connectivity index (χ0n) is 9.97. The molecule has 1 atom stereocenters. The Labute approximate surface area is 89.0 Å². The van der Waals surface area contributed by atoms with Gasteiger partial charge in [0.25, 0.3) is 0 Å². The van der Waals surface area contributed by atoms with Crippen LogP contribution >= 0.6 is 0 Å². The molecule has 0 amide bonds. The summed E-state index contributed by atoms with van der Waals surface area (Å²) in [6, 6.07) is 0.509. The Morgan fingerprint density at radius 2 is 1.71 bits per heavy atom. The van der Waals surface area contributed by atoms with Gasteiger partial charge in [-0.1, -0.05) is 44.8 Å². The molecule has 1 saturated carbocycles. The van der Waals surface area contributed by atoms with Crippen molar-refractivity contribution in [2.75, 3.05) is 7.05 Å². The highest BCUT2D eigenvalue weighted by Gasteiger charge is 2.22. The van der Waals surface area contributed by atoms with E-state index in [1.807, 2.05) is 7.05 Å². The molecule has 1 aliphatic rings. The molecule has 1 fully saturated rings. The zero-order valence-corrected chi connectivity index (χ0v) is 9.97. The van der Waals surface area contributed by atoms with E-state index in [4.69, 9.17) is 0 Å². The lowest BCUT2D eigenvalue weighted by Crippen LogP contribution is -2.20. The third kappa shape index (κ3) is 3.83. The molecule has 0 aromatic heterocycles. The first-order chi connectivity index (χ1) is 6.66. The summed E-state index contributed by atoms with van der Waals surface area (Å²) in [6.07, 6.45) is 13.2. The molecule has 1 N–H and O–H groups in total. The monoisotopic (exact) mass is 195 g/mol. The molecule has 1 heteroatoms. The van der Waals surface area contributed by atoms with Crippen molar-refractivity contribution in [3.8, 4) is 0 Å². The van der Waals surface area contributed by atoms with E-state index in [1.54, 1.807) is 0 Å². The fourth-order valence-electron chi connectivity index (χ4n) is 2.18. The van der Waals surface area contributed by atoms with Crippen LogP contribution in [-0.2, 0) is 0 Å². The summed E-state index contributed by atoms with van der Waals surface area (Å²) in [4.78, 5) is 0. The highest BCUT2D eigenvalue weighted by Crippen LogP contribution is 2.35. The van der Waals surface area contributed by atoms with Crippen LogP contribution in [0.15, 0.2) is 12.2 Å². The van der Waals surface area contributed by atoms with Gasteiger partial charge in [-0.15, -0.1) is 0 Å². The summed E-state index contributed by atoms with van der Waals surface area (Å²) in [5.74, 6) is 0. The lowest BCUT2D eigenvalue weighted by molar-refractivity contribution is 0.366. The summed E-state index contributed by atoms with van der Waals surface area (Å²) >= 11 is 0. The van der Waals surface area contributed by atoms with Gasteiger partial charge in [-0.05, 0) is 32.2 Å². The first-order valence-corrected chi connectivity index (χ1v) is 6.03. The van der Waals surface area contributed by atoms with E-state index in [-0.39, 0.29) is 0 Å². The summed E-state index contributed by atoms with van der Waals surface area (Å²) in [5.41, 5.74) is 0.474. The summed E-state index contributed by atoms with van der Waals surface area (Å²) in [7, 11) is 2.02. The van der Waals surface area contributed by atoms with Gasteiger partial charge in [0.1, 0.15) is 0 Å². The minimum Gasteiger partial charge on any atom is -0.314 e. The first-order valence-electron chi connectivity index (χ1n) is 6.03. The number of allylic oxidation sites excluding steroid dienone is 1. The van der Waals surface area contributed by atoms with Crippen molar-refractivity contribution in [1.82, 2.24) is 5.32 Å². The maximum atomic E-state index is 3.25. The van der Waals surface area contributed by atoms with Gasteiger partial charge < -0.3 is 5.32 Å². The molecule has 1 aliphatic carbocycles. The predicted octanol–water partition coefficient (Wildman–Crippen LogP) is 3.51. The molecule has 0 heterocycles. The third-order valence-electron chi connectivity index (χ3n) is 3.49. The highest BCUT2D eigenvalue weighted by molar-refractivity contribution is 5.01. The van der Waals surface area contributed by atoms with Crippen molar-refractivity contribution < 1.29 is 0 Å². The molecule has 1 nitrogen and oxygen atoms in total. The molecule has 1 unspecified atom stereocenters. The molecule has 1 rings (SSSR count). The Balaban J connectivity index is 2.49. The van der Waals surface area contributed by atoms with E-state index in [1.165, 1.54) is 38.5 Å². The maximum Gasteiger partial charge on any atom is 0.0218 e. The van der Waals surface area contributed by atoms with Crippen LogP contribution in [0.25, 0.3) is 0 Å². The maximum absolute atomic E-state index is 3.25. The Bertz CT molecular complexity index is 176. The smallest absolute Gasteiger partial charge is 0.0218 e.